The molecule has 21 heavy (non-hydrogen) atoms. The van der Waals surface area contributed by atoms with Crippen molar-refractivity contribution in [2.24, 2.45) is 0 Å². The zero-order chi connectivity index (χ0) is 14.2. The first-order valence-corrected chi connectivity index (χ1v) is 7.87. The molecule has 5 heteroatoms. The average molecular weight is 343 g/mol. The molecule has 0 unspecified atom stereocenters. The standard InChI is InChI=1S/C16H15BrN4/c17-14-6-5-12-7-8-20(10-13(12)9-14)11-21-16-4-2-1-3-15(16)18-19-21/h1-6,9H,7-8,10-11H2. The van der Waals surface area contributed by atoms with Crippen molar-refractivity contribution < 1.29 is 0 Å². The molecule has 1 aliphatic heterocycles. The van der Waals surface area contributed by atoms with Gasteiger partial charge in [-0.1, -0.05) is 39.3 Å². The van der Waals surface area contributed by atoms with E-state index in [1.807, 2.05) is 22.9 Å². The maximum atomic E-state index is 4.28. The lowest BCUT2D eigenvalue weighted by atomic mass is 10.0. The fraction of sp³-hybridized carbons (Fsp3) is 0.250. The fourth-order valence-corrected chi connectivity index (χ4v) is 3.32. The van der Waals surface area contributed by atoms with Crippen LogP contribution in [-0.4, -0.2) is 26.4 Å². The monoisotopic (exact) mass is 342 g/mol. The minimum absolute atomic E-state index is 0.784. The van der Waals surface area contributed by atoms with Crippen LogP contribution < -0.4 is 0 Å². The van der Waals surface area contributed by atoms with Gasteiger partial charge in [-0.15, -0.1) is 5.10 Å². The van der Waals surface area contributed by atoms with E-state index in [-0.39, 0.29) is 0 Å². The van der Waals surface area contributed by atoms with Gasteiger partial charge in [0.1, 0.15) is 5.52 Å². The Kier molecular flexibility index (Phi) is 3.24. The minimum Gasteiger partial charge on any atom is -0.280 e. The lowest BCUT2D eigenvalue weighted by Gasteiger charge is -2.28. The number of fused-ring (bicyclic) bond motifs is 2. The molecule has 0 atom stereocenters. The second-order valence-electron chi connectivity index (χ2n) is 5.43. The summed E-state index contributed by atoms with van der Waals surface area (Å²) in [6.45, 7) is 2.80. The van der Waals surface area contributed by atoms with E-state index in [0.29, 0.717) is 0 Å². The third kappa shape index (κ3) is 2.47. The number of benzene rings is 2. The molecule has 0 spiro atoms. The molecule has 0 bridgehead atoms. The van der Waals surface area contributed by atoms with Gasteiger partial charge in [0.25, 0.3) is 0 Å². The number of hydrogen-bond acceptors (Lipinski definition) is 3. The van der Waals surface area contributed by atoms with Gasteiger partial charge >= 0.3 is 0 Å². The molecule has 3 aromatic rings. The van der Waals surface area contributed by atoms with Crippen LogP contribution in [0.1, 0.15) is 11.1 Å². The fourth-order valence-electron chi connectivity index (χ4n) is 2.92. The molecule has 0 fully saturated rings. The summed E-state index contributed by atoms with van der Waals surface area (Å²) in [6, 6.07) is 14.7. The lowest BCUT2D eigenvalue weighted by molar-refractivity contribution is 0.191. The van der Waals surface area contributed by atoms with E-state index in [9.17, 15) is 0 Å². The molecule has 0 amide bonds. The Morgan fingerprint density at radius 1 is 1.10 bits per heavy atom. The van der Waals surface area contributed by atoms with Crippen molar-refractivity contribution in [3.05, 3.63) is 58.1 Å². The first-order chi connectivity index (χ1) is 10.3. The van der Waals surface area contributed by atoms with E-state index < -0.39 is 0 Å². The molecule has 1 aliphatic rings. The largest absolute Gasteiger partial charge is 0.280 e. The van der Waals surface area contributed by atoms with Crippen molar-refractivity contribution >= 4 is 27.0 Å². The van der Waals surface area contributed by atoms with Crippen LogP contribution in [0, 0.1) is 0 Å². The quantitative estimate of drug-likeness (QED) is 0.717. The van der Waals surface area contributed by atoms with Gasteiger partial charge in [-0.3, -0.25) is 4.90 Å². The Bertz CT molecular complexity index is 796. The highest BCUT2D eigenvalue weighted by atomic mass is 79.9. The van der Waals surface area contributed by atoms with Gasteiger partial charge in [0, 0.05) is 17.6 Å². The van der Waals surface area contributed by atoms with Gasteiger partial charge in [-0.05, 0) is 41.8 Å². The summed E-state index contributed by atoms with van der Waals surface area (Å²) in [5.41, 5.74) is 4.91. The highest BCUT2D eigenvalue weighted by Gasteiger charge is 2.17. The first kappa shape index (κ1) is 13.0. The summed E-state index contributed by atoms with van der Waals surface area (Å²) in [5, 5.41) is 8.50. The van der Waals surface area contributed by atoms with Gasteiger partial charge in [-0.25, -0.2) is 4.68 Å². The lowest BCUT2D eigenvalue weighted by Crippen LogP contribution is -2.32. The van der Waals surface area contributed by atoms with E-state index in [0.717, 1.165) is 41.7 Å². The molecule has 0 N–H and O–H groups in total. The van der Waals surface area contributed by atoms with Crippen molar-refractivity contribution in [2.75, 3.05) is 6.54 Å². The summed E-state index contributed by atoms with van der Waals surface area (Å²) in [4.78, 5) is 2.41. The first-order valence-electron chi connectivity index (χ1n) is 7.07. The van der Waals surface area contributed by atoms with Gasteiger partial charge in [0.05, 0.1) is 12.2 Å². The summed E-state index contributed by atoms with van der Waals surface area (Å²) in [7, 11) is 0. The zero-order valence-electron chi connectivity index (χ0n) is 11.5. The molecule has 1 aromatic heterocycles. The predicted octanol–water partition coefficient (Wildman–Crippen LogP) is 3.21. The van der Waals surface area contributed by atoms with Crippen LogP contribution >= 0.6 is 15.9 Å². The predicted molar refractivity (Wildman–Crippen MR) is 85.8 cm³/mol. The van der Waals surface area contributed by atoms with Gasteiger partial charge in [0.15, 0.2) is 0 Å². The summed E-state index contributed by atoms with van der Waals surface area (Å²) >= 11 is 3.56. The van der Waals surface area contributed by atoms with Gasteiger partial charge in [0.2, 0.25) is 0 Å². The molecule has 0 saturated carbocycles. The molecule has 0 radical (unpaired) electrons. The van der Waals surface area contributed by atoms with E-state index in [4.69, 9.17) is 0 Å². The third-order valence-electron chi connectivity index (χ3n) is 4.01. The highest BCUT2D eigenvalue weighted by Crippen LogP contribution is 2.23. The van der Waals surface area contributed by atoms with E-state index in [2.05, 4.69) is 55.4 Å². The summed E-state index contributed by atoms with van der Waals surface area (Å²) < 4.78 is 3.13. The molecule has 2 heterocycles. The number of aromatic nitrogens is 3. The maximum Gasteiger partial charge on any atom is 0.113 e. The van der Waals surface area contributed by atoms with E-state index >= 15 is 0 Å². The second-order valence-corrected chi connectivity index (χ2v) is 6.35. The normalized spacial score (nSPS) is 15.3. The SMILES string of the molecule is Brc1ccc2c(c1)CN(Cn1nnc3ccccc31)CC2. The molecular formula is C16H15BrN4. The molecular weight excluding hydrogens is 328 g/mol. The van der Waals surface area contributed by atoms with Crippen molar-refractivity contribution in [1.29, 1.82) is 0 Å². The summed E-state index contributed by atoms with van der Waals surface area (Å²) in [6.07, 6.45) is 1.09. The molecule has 106 valence electrons. The number of hydrogen-bond donors (Lipinski definition) is 0. The van der Waals surface area contributed by atoms with E-state index in [1.165, 1.54) is 11.1 Å². The van der Waals surface area contributed by atoms with Crippen LogP contribution in [0.25, 0.3) is 11.0 Å². The number of rotatable bonds is 2. The van der Waals surface area contributed by atoms with Crippen molar-refractivity contribution in [3.63, 3.8) is 0 Å². The molecule has 4 rings (SSSR count). The maximum absolute atomic E-state index is 4.28. The van der Waals surface area contributed by atoms with Crippen LogP contribution in [0.2, 0.25) is 0 Å². The third-order valence-corrected chi connectivity index (χ3v) is 4.51. The molecule has 0 aliphatic carbocycles. The smallest absolute Gasteiger partial charge is 0.113 e. The molecule has 0 saturated heterocycles. The Morgan fingerprint density at radius 2 is 2.00 bits per heavy atom. The van der Waals surface area contributed by atoms with Crippen molar-refractivity contribution in [1.82, 2.24) is 19.9 Å². The van der Waals surface area contributed by atoms with Crippen LogP contribution in [0.4, 0.5) is 0 Å². The van der Waals surface area contributed by atoms with Crippen LogP contribution in [0.15, 0.2) is 46.9 Å². The zero-order valence-corrected chi connectivity index (χ0v) is 13.1. The molecule has 2 aromatic carbocycles. The summed E-state index contributed by atoms with van der Waals surface area (Å²) in [5.74, 6) is 0. The van der Waals surface area contributed by atoms with Crippen LogP contribution in [0.3, 0.4) is 0 Å². The minimum atomic E-state index is 0.784. The van der Waals surface area contributed by atoms with Crippen molar-refractivity contribution in [3.8, 4) is 0 Å². The van der Waals surface area contributed by atoms with E-state index in [1.54, 1.807) is 0 Å². The van der Waals surface area contributed by atoms with Crippen LogP contribution in [-0.2, 0) is 19.6 Å². The topological polar surface area (TPSA) is 34.0 Å². The highest BCUT2D eigenvalue weighted by molar-refractivity contribution is 9.10. The number of para-hydroxylation sites is 1. The second kappa shape index (κ2) is 5.24. The van der Waals surface area contributed by atoms with Crippen molar-refractivity contribution in [2.45, 2.75) is 19.6 Å². The Labute approximate surface area is 131 Å². The van der Waals surface area contributed by atoms with Crippen LogP contribution in [0.5, 0.6) is 0 Å². The number of nitrogens with zero attached hydrogens (tertiary/aromatic N) is 4. The van der Waals surface area contributed by atoms with Gasteiger partial charge < -0.3 is 0 Å². The Hall–Kier alpha value is -1.72. The average Bonchev–Trinajstić information content (AvgIpc) is 2.90. The Balaban J connectivity index is 1.59. The number of halogens is 1. The van der Waals surface area contributed by atoms with Gasteiger partial charge in [-0.2, -0.15) is 0 Å². The Morgan fingerprint density at radius 3 is 2.95 bits per heavy atom. The molecule has 4 nitrogen and oxygen atoms in total.